The number of nitrogens with zero attached hydrogens (tertiary/aromatic N) is 2. The standard InChI is InChI=1S/C14H17FN4O/c1-9-12(16)13(19(2)18-9)14(20)17-8-7-10-5-3-4-6-11(10)15/h3-6H,7-8,16H2,1-2H3,(H,17,20). The third kappa shape index (κ3) is 2.79. The summed E-state index contributed by atoms with van der Waals surface area (Å²) in [4.78, 5) is 12.0. The molecule has 0 atom stereocenters. The Hall–Kier alpha value is -2.37. The van der Waals surface area contributed by atoms with Crippen molar-refractivity contribution in [2.45, 2.75) is 13.3 Å². The number of nitrogens with two attached hydrogens (primary N) is 1. The average Bonchev–Trinajstić information content (AvgIpc) is 2.65. The number of carbonyl (C=O) groups is 1. The molecule has 0 fully saturated rings. The Morgan fingerprint density at radius 1 is 1.45 bits per heavy atom. The van der Waals surface area contributed by atoms with Crippen LogP contribution in [0.4, 0.5) is 10.1 Å². The summed E-state index contributed by atoms with van der Waals surface area (Å²) in [6, 6.07) is 6.50. The van der Waals surface area contributed by atoms with Gasteiger partial charge in [0.05, 0.1) is 11.4 Å². The second-order valence-corrected chi connectivity index (χ2v) is 4.57. The monoisotopic (exact) mass is 276 g/mol. The summed E-state index contributed by atoms with van der Waals surface area (Å²) in [6.07, 6.45) is 0.426. The number of aryl methyl sites for hydroxylation is 2. The van der Waals surface area contributed by atoms with E-state index in [0.717, 1.165) is 0 Å². The molecule has 0 aliphatic carbocycles. The molecular formula is C14H17FN4O. The van der Waals surface area contributed by atoms with Crippen molar-refractivity contribution in [3.05, 3.63) is 47.0 Å². The number of carbonyl (C=O) groups excluding carboxylic acids is 1. The molecule has 5 nitrogen and oxygen atoms in total. The minimum atomic E-state index is -0.304. The van der Waals surface area contributed by atoms with E-state index < -0.39 is 0 Å². The molecule has 6 heteroatoms. The first kappa shape index (κ1) is 14.0. The third-order valence-corrected chi connectivity index (χ3v) is 3.12. The van der Waals surface area contributed by atoms with Crippen LogP contribution in [-0.4, -0.2) is 22.2 Å². The Bertz CT molecular complexity index is 636. The molecule has 1 aromatic carbocycles. The number of rotatable bonds is 4. The quantitative estimate of drug-likeness (QED) is 0.887. The molecule has 106 valence electrons. The van der Waals surface area contributed by atoms with Crippen LogP contribution in [0.2, 0.25) is 0 Å². The molecule has 0 spiro atoms. The summed E-state index contributed by atoms with van der Waals surface area (Å²) in [5.41, 5.74) is 7.70. The van der Waals surface area contributed by atoms with E-state index in [4.69, 9.17) is 5.73 Å². The molecule has 20 heavy (non-hydrogen) atoms. The zero-order valence-corrected chi connectivity index (χ0v) is 11.5. The summed E-state index contributed by atoms with van der Waals surface area (Å²) in [5.74, 6) is -0.570. The Morgan fingerprint density at radius 2 is 2.15 bits per heavy atom. The highest BCUT2D eigenvalue weighted by Gasteiger charge is 2.17. The number of hydrogen-bond acceptors (Lipinski definition) is 3. The smallest absolute Gasteiger partial charge is 0.271 e. The first-order chi connectivity index (χ1) is 9.50. The maximum absolute atomic E-state index is 13.4. The van der Waals surface area contributed by atoms with E-state index in [1.165, 1.54) is 10.7 Å². The van der Waals surface area contributed by atoms with Crippen molar-refractivity contribution in [3.63, 3.8) is 0 Å². The van der Waals surface area contributed by atoms with Gasteiger partial charge in [-0.1, -0.05) is 18.2 Å². The van der Waals surface area contributed by atoms with Crippen molar-refractivity contribution < 1.29 is 9.18 Å². The largest absolute Gasteiger partial charge is 0.395 e. The fourth-order valence-electron chi connectivity index (χ4n) is 2.04. The first-order valence-corrected chi connectivity index (χ1v) is 6.31. The summed E-state index contributed by atoms with van der Waals surface area (Å²) in [5, 5.41) is 6.81. The second kappa shape index (κ2) is 5.73. The lowest BCUT2D eigenvalue weighted by Gasteiger charge is -2.07. The van der Waals surface area contributed by atoms with Crippen LogP contribution in [0.3, 0.4) is 0 Å². The number of amides is 1. The lowest BCUT2D eigenvalue weighted by atomic mass is 10.1. The summed E-state index contributed by atoms with van der Waals surface area (Å²) in [7, 11) is 1.66. The van der Waals surface area contributed by atoms with Gasteiger partial charge >= 0.3 is 0 Å². The maximum atomic E-state index is 13.4. The van der Waals surface area contributed by atoms with Crippen molar-refractivity contribution in [1.29, 1.82) is 0 Å². The van der Waals surface area contributed by atoms with Crippen LogP contribution in [0.1, 0.15) is 21.7 Å². The van der Waals surface area contributed by atoms with Crippen molar-refractivity contribution in [2.24, 2.45) is 7.05 Å². The van der Waals surface area contributed by atoms with Crippen molar-refractivity contribution in [1.82, 2.24) is 15.1 Å². The van der Waals surface area contributed by atoms with Gasteiger partial charge in [0.2, 0.25) is 0 Å². The van der Waals surface area contributed by atoms with Gasteiger partial charge in [0.15, 0.2) is 0 Å². The fraction of sp³-hybridized carbons (Fsp3) is 0.286. The van der Waals surface area contributed by atoms with E-state index in [1.807, 2.05) is 0 Å². The summed E-state index contributed by atoms with van der Waals surface area (Å²) < 4.78 is 14.9. The fourth-order valence-corrected chi connectivity index (χ4v) is 2.04. The molecule has 0 aliphatic rings. The zero-order valence-electron chi connectivity index (χ0n) is 11.5. The number of halogens is 1. The van der Waals surface area contributed by atoms with Crippen molar-refractivity contribution >= 4 is 11.6 Å². The van der Waals surface area contributed by atoms with Gasteiger partial charge < -0.3 is 11.1 Å². The van der Waals surface area contributed by atoms with Crippen molar-refractivity contribution in [3.8, 4) is 0 Å². The normalized spacial score (nSPS) is 10.6. The van der Waals surface area contributed by atoms with Gasteiger partial charge in [-0.05, 0) is 25.0 Å². The van der Waals surface area contributed by atoms with Gasteiger partial charge in [0, 0.05) is 13.6 Å². The molecule has 0 radical (unpaired) electrons. The Morgan fingerprint density at radius 3 is 2.75 bits per heavy atom. The van der Waals surface area contributed by atoms with E-state index in [0.29, 0.717) is 35.6 Å². The summed E-state index contributed by atoms with van der Waals surface area (Å²) in [6.45, 7) is 2.08. The molecule has 1 heterocycles. The van der Waals surface area contributed by atoms with Crippen LogP contribution >= 0.6 is 0 Å². The topological polar surface area (TPSA) is 72.9 Å². The van der Waals surface area contributed by atoms with Crippen LogP contribution in [0.5, 0.6) is 0 Å². The van der Waals surface area contributed by atoms with Gasteiger partial charge in [-0.2, -0.15) is 5.10 Å². The van der Waals surface area contributed by atoms with E-state index in [9.17, 15) is 9.18 Å². The van der Waals surface area contributed by atoms with Gasteiger partial charge in [-0.3, -0.25) is 9.48 Å². The highest BCUT2D eigenvalue weighted by atomic mass is 19.1. The minimum Gasteiger partial charge on any atom is -0.395 e. The number of hydrogen-bond donors (Lipinski definition) is 2. The van der Waals surface area contributed by atoms with Crippen molar-refractivity contribution in [2.75, 3.05) is 12.3 Å². The van der Waals surface area contributed by atoms with E-state index in [1.54, 1.807) is 32.2 Å². The van der Waals surface area contributed by atoms with Gasteiger partial charge in [0.25, 0.3) is 5.91 Å². The second-order valence-electron chi connectivity index (χ2n) is 4.57. The number of nitrogens with one attached hydrogen (secondary N) is 1. The lowest BCUT2D eigenvalue weighted by Crippen LogP contribution is -2.28. The van der Waals surface area contributed by atoms with Crippen LogP contribution in [0.25, 0.3) is 0 Å². The zero-order chi connectivity index (χ0) is 14.7. The Kier molecular flexibility index (Phi) is 4.02. The van der Waals surface area contributed by atoms with Gasteiger partial charge in [0.1, 0.15) is 11.5 Å². The molecule has 3 N–H and O–H groups in total. The maximum Gasteiger partial charge on any atom is 0.271 e. The molecule has 0 unspecified atom stereocenters. The SMILES string of the molecule is Cc1nn(C)c(C(=O)NCCc2ccccc2F)c1N. The molecule has 0 bridgehead atoms. The number of anilines is 1. The minimum absolute atomic E-state index is 0.266. The molecule has 1 amide bonds. The van der Waals surface area contributed by atoms with E-state index in [-0.39, 0.29) is 11.7 Å². The van der Waals surface area contributed by atoms with Crippen LogP contribution in [0, 0.1) is 12.7 Å². The summed E-state index contributed by atoms with van der Waals surface area (Å²) >= 11 is 0. The molecule has 1 aromatic heterocycles. The molecular weight excluding hydrogens is 259 g/mol. The first-order valence-electron chi connectivity index (χ1n) is 6.31. The van der Waals surface area contributed by atoms with Crippen LogP contribution in [0.15, 0.2) is 24.3 Å². The number of benzene rings is 1. The highest BCUT2D eigenvalue weighted by molar-refractivity contribution is 5.97. The number of nitrogen functional groups attached to an aromatic ring is 1. The number of aromatic nitrogens is 2. The predicted octanol–water partition coefficient (Wildman–Crippen LogP) is 1.42. The molecule has 0 saturated carbocycles. The lowest BCUT2D eigenvalue weighted by molar-refractivity contribution is 0.0945. The highest BCUT2D eigenvalue weighted by Crippen LogP contribution is 2.14. The molecule has 0 aliphatic heterocycles. The predicted molar refractivity (Wildman–Crippen MR) is 74.8 cm³/mol. The third-order valence-electron chi connectivity index (χ3n) is 3.12. The Balaban J connectivity index is 1.98. The average molecular weight is 276 g/mol. The Labute approximate surface area is 116 Å². The van der Waals surface area contributed by atoms with Crippen LogP contribution < -0.4 is 11.1 Å². The van der Waals surface area contributed by atoms with E-state index in [2.05, 4.69) is 10.4 Å². The van der Waals surface area contributed by atoms with E-state index >= 15 is 0 Å². The molecule has 0 saturated heterocycles. The van der Waals surface area contributed by atoms with Crippen LogP contribution in [-0.2, 0) is 13.5 Å². The van der Waals surface area contributed by atoms with Gasteiger partial charge in [-0.15, -0.1) is 0 Å². The van der Waals surface area contributed by atoms with Gasteiger partial charge in [-0.25, -0.2) is 4.39 Å². The molecule has 2 aromatic rings. The molecule has 2 rings (SSSR count).